The van der Waals surface area contributed by atoms with Crippen LogP contribution in [-0.2, 0) is 12.4 Å². The first kappa shape index (κ1) is 21.2. The summed E-state index contributed by atoms with van der Waals surface area (Å²) >= 11 is 0. The molecule has 3 aromatic carbocycles. The van der Waals surface area contributed by atoms with Crippen molar-refractivity contribution in [1.29, 1.82) is 0 Å². The molecule has 0 aromatic heterocycles. The monoisotopic (exact) mass is 426 g/mol. The Balaban J connectivity index is 2.26. The molecule has 3 rings (SSSR count). The Bertz CT molecular complexity index is 1040. The number of carbonyl (C=O) groups is 1. The fraction of sp³-hybridized carbons (Fsp3) is 0.0952. The molecule has 0 bridgehead atoms. The van der Waals surface area contributed by atoms with E-state index in [1.54, 1.807) is 0 Å². The first-order valence-electron chi connectivity index (χ1n) is 8.33. The van der Waals surface area contributed by atoms with Crippen LogP contribution < -0.4 is 0 Å². The number of benzene rings is 3. The van der Waals surface area contributed by atoms with Crippen molar-refractivity contribution in [2.75, 3.05) is 0 Å². The first-order chi connectivity index (χ1) is 13.9. The topological polar surface area (TPSA) is 57.5 Å². The minimum atomic E-state index is -4.68. The van der Waals surface area contributed by atoms with E-state index < -0.39 is 40.8 Å². The third kappa shape index (κ3) is 4.24. The summed E-state index contributed by atoms with van der Waals surface area (Å²) in [6.45, 7) is 0. The first-order valence-corrected chi connectivity index (χ1v) is 8.33. The van der Waals surface area contributed by atoms with Crippen LogP contribution in [0.5, 0.6) is 5.75 Å². The molecule has 2 N–H and O–H groups in total. The van der Waals surface area contributed by atoms with E-state index in [9.17, 15) is 41.4 Å². The van der Waals surface area contributed by atoms with Crippen molar-refractivity contribution < 1.29 is 41.4 Å². The van der Waals surface area contributed by atoms with Gasteiger partial charge in [0.1, 0.15) is 5.75 Å². The largest absolute Gasteiger partial charge is 0.507 e. The van der Waals surface area contributed by atoms with Crippen LogP contribution in [0.1, 0.15) is 21.5 Å². The zero-order chi connectivity index (χ0) is 22.3. The van der Waals surface area contributed by atoms with E-state index in [-0.39, 0.29) is 22.3 Å². The van der Waals surface area contributed by atoms with E-state index >= 15 is 0 Å². The number of alkyl halides is 6. The van der Waals surface area contributed by atoms with Crippen LogP contribution >= 0.6 is 0 Å². The number of halogens is 6. The van der Waals surface area contributed by atoms with Crippen molar-refractivity contribution in [2.45, 2.75) is 12.4 Å². The van der Waals surface area contributed by atoms with Crippen LogP contribution in [0.2, 0.25) is 0 Å². The number of phenolic OH excluding ortho intramolecular Hbond substituents is 1. The van der Waals surface area contributed by atoms with Crippen LogP contribution in [0.4, 0.5) is 26.3 Å². The van der Waals surface area contributed by atoms with Crippen molar-refractivity contribution >= 4 is 5.97 Å². The number of phenols is 1. The van der Waals surface area contributed by atoms with Gasteiger partial charge in [0.05, 0.1) is 16.7 Å². The predicted octanol–water partition coefficient (Wildman–Crippen LogP) is 6.46. The molecule has 9 heteroatoms. The van der Waals surface area contributed by atoms with Gasteiger partial charge in [0.25, 0.3) is 0 Å². The van der Waals surface area contributed by atoms with Gasteiger partial charge in [-0.25, -0.2) is 4.79 Å². The maximum Gasteiger partial charge on any atom is 0.416 e. The van der Waals surface area contributed by atoms with Gasteiger partial charge >= 0.3 is 18.3 Å². The molecular formula is C21H12F6O3. The molecule has 0 aliphatic heterocycles. The number of hydrogen-bond donors (Lipinski definition) is 2. The Morgan fingerprint density at radius 1 is 0.700 bits per heavy atom. The Kier molecular flexibility index (Phi) is 5.23. The van der Waals surface area contributed by atoms with Gasteiger partial charge in [0, 0.05) is 11.1 Å². The van der Waals surface area contributed by atoms with Crippen molar-refractivity contribution in [2.24, 2.45) is 0 Å². The molecule has 0 amide bonds. The number of carboxylic acid groups (broad SMARTS) is 1. The van der Waals surface area contributed by atoms with Crippen molar-refractivity contribution in [1.82, 2.24) is 0 Å². The number of aromatic carboxylic acids is 1. The molecule has 0 saturated heterocycles. The quantitative estimate of drug-likeness (QED) is 0.473. The number of rotatable bonds is 3. The van der Waals surface area contributed by atoms with E-state index in [1.807, 2.05) is 0 Å². The Hall–Kier alpha value is -3.49. The van der Waals surface area contributed by atoms with Crippen LogP contribution in [-0.4, -0.2) is 16.2 Å². The molecule has 0 saturated carbocycles. The maximum absolute atomic E-state index is 13.0. The van der Waals surface area contributed by atoms with Crippen LogP contribution in [0.3, 0.4) is 0 Å². The Labute approximate surface area is 165 Å². The lowest BCUT2D eigenvalue weighted by Crippen LogP contribution is -2.05. The van der Waals surface area contributed by atoms with E-state index in [0.29, 0.717) is 0 Å². The molecule has 3 nitrogen and oxygen atoms in total. The summed E-state index contributed by atoms with van der Waals surface area (Å²) in [6.07, 6.45) is -9.36. The average molecular weight is 426 g/mol. The fourth-order valence-electron chi connectivity index (χ4n) is 2.92. The summed E-state index contributed by atoms with van der Waals surface area (Å²) in [5.41, 5.74) is -3.26. The van der Waals surface area contributed by atoms with E-state index in [1.165, 1.54) is 12.1 Å². The van der Waals surface area contributed by atoms with Gasteiger partial charge in [0.15, 0.2) is 0 Å². The molecule has 0 radical (unpaired) electrons. The van der Waals surface area contributed by atoms with Gasteiger partial charge in [-0.3, -0.25) is 0 Å². The summed E-state index contributed by atoms with van der Waals surface area (Å²) in [4.78, 5) is 11.5. The Morgan fingerprint density at radius 2 is 1.10 bits per heavy atom. The minimum absolute atomic E-state index is 0.140. The van der Waals surface area contributed by atoms with Crippen LogP contribution in [0, 0.1) is 0 Å². The molecular weight excluding hydrogens is 414 g/mol. The molecule has 0 fully saturated rings. The van der Waals surface area contributed by atoms with Crippen molar-refractivity contribution in [3.8, 4) is 28.0 Å². The molecule has 0 aliphatic rings. The normalized spacial score (nSPS) is 12.1. The highest BCUT2D eigenvalue weighted by atomic mass is 19.4. The average Bonchev–Trinajstić information content (AvgIpc) is 2.67. The van der Waals surface area contributed by atoms with Crippen LogP contribution in [0.15, 0.2) is 60.7 Å². The molecule has 156 valence electrons. The standard InChI is InChI=1S/C21H12F6O3/c22-20(23,24)14-5-1-3-11(7-14)16-9-13(19(29)30)10-17(18(16)28)12-4-2-6-15(8-12)21(25,26)27/h1-10,28H,(H,29,30). The molecule has 3 aromatic rings. The highest BCUT2D eigenvalue weighted by Crippen LogP contribution is 2.42. The fourth-order valence-corrected chi connectivity index (χ4v) is 2.92. The summed E-state index contributed by atoms with van der Waals surface area (Å²) in [5, 5.41) is 20.0. The SMILES string of the molecule is O=C(O)c1cc(-c2cccc(C(F)(F)F)c2)c(O)c(-c2cccc(C(F)(F)F)c2)c1. The Morgan fingerprint density at radius 3 is 1.43 bits per heavy atom. The molecule has 30 heavy (non-hydrogen) atoms. The highest BCUT2D eigenvalue weighted by molar-refractivity contribution is 5.94. The number of carboxylic acids is 1. The van der Waals surface area contributed by atoms with Crippen molar-refractivity contribution in [3.05, 3.63) is 77.4 Å². The van der Waals surface area contributed by atoms with Crippen LogP contribution in [0.25, 0.3) is 22.3 Å². The lowest BCUT2D eigenvalue weighted by atomic mass is 9.93. The molecule has 0 atom stereocenters. The van der Waals surface area contributed by atoms with Gasteiger partial charge < -0.3 is 10.2 Å². The van der Waals surface area contributed by atoms with Gasteiger partial charge in [-0.15, -0.1) is 0 Å². The second kappa shape index (κ2) is 7.40. The van der Waals surface area contributed by atoms with E-state index in [0.717, 1.165) is 48.5 Å². The zero-order valence-corrected chi connectivity index (χ0v) is 14.8. The summed E-state index contributed by atoms with van der Waals surface area (Å²) in [7, 11) is 0. The van der Waals surface area contributed by atoms with Crippen molar-refractivity contribution in [3.63, 3.8) is 0 Å². The molecule has 0 heterocycles. The second-order valence-electron chi connectivity index (χ2n) is 6.38. The lowest BCUT2D eigenvalue weighted by molar-refractivity contribution is -0.138. The third-order valence-electron chi connectivity index (χ3n) is 4.36. The van der Waals surface area contributed by atoms with E-state index in [4.69, 9.17) is 0 Å². The lowest BCUT2D eigenvalue weighted by Gasteiger charge is -2.15. The summed E-state index contributed by atoms with van der Waals surface area (Å²) in [5.74, 6) is -2.10. The predicted molar refractivity (Wildman–Crippen MR) is 95.9 cm³/mol. The number of aromatic hydroxyl groups is 1. The molecule has 0 aliphatic carbocycles. The van der Waals surface area contributed by atoms with Gasteiger partial charge in [-0.2, -0.15) is 26.3 Å². The summed E-state index contributed by atoms with van der Waals surface area (Å²) < 4.78 is 78.2. The third-order valence-corrected chi connectivity index (χ3v) is 4.36. The molecule has 0 unspecified atom stereocenters. The number of hydrogen-bond acceptors (Lipinski definition) is 2. The summed E-state index contributed by atoms with van der Waals surface area (Å²) in [6, 6.07) is 9.58. The zero-order valence-electron chi connectivity index (χ0n) is 14.8. The van der Waals surface area contributed by atoms with E-state index in [2.05, 4.69) is 0 Å². The highest BCUT2D eigenvalue weighted by Gasteiger charge is 2.32. The second-order valence-corrected chi connectivity index (χ2v) is 6.38. The van der Waals surface area contributed by atoms with Gasteiger partial charge in [-0.1, -0.05) is 24.3 Å². The minimum Gasteiger partial charge on any atom is -0.507 e. The van der Waals surface area contributed by atoms with Gasteiger partial charge in [0.2, 0.25) is 0 Å². The maximum atomic E-state index is 13.0. The van der Waals surface area contributed by atoms with Gasteiger partial charge in [-0.05, 0) is 47.5 Å². The smallest absolute Gasteiger partial charge is 0.416 e. The molecule has 0 spiro atoms.